The molecule has 3 aromatic rings. The first-order valence-electron chi connectivity index (χ1n) is 10.4. The lowest BCUT2D eigenvalue weighted by Crippen LogP contribution is -2.30. The van der Waals surface area contributed by atoms with Crippen molar-refractivity contribution < 1.29 is 14.3 Å². The summed E-state index contributed by atoms with van der Waals surface area (Å²) in [4.78, 5) is 27.0. The fourth-order valence-corrected chi connectivity index (χ4v) is 5.23. The number of carboxylic acids is 1. The molecule has 0 saturated heterocycles. The van der Waals surface area contributed by atoms with E-state index >= 15 is 0 Å². The molecule has 2 heterocycles. The third-order valence-electron chi connectivity index (χ3n) is 7.41. The van der Waals surface area contributed by atoms with Crippen molar-refractivity contribution in [2.24, 2.45) is 5.92 Å². The van der Waals surface area contributed by atoms with E-state index in [1.54, 1.807) is 13.0 Å². The molecule has 0 radical (unpaired) electrons. The number of aryl methyl sites for hydroxylation is 2. The van der Waals surface area contributed by atoms with Crippen LogP contribution in [0.4, 0.5) is 0 Å². The Kier molecular flexibility index (Phi) is 4.32. The lowest BCUT2D eigenvalue weighted by molar-refractivity contribution is -0.136. The number of aromatic amines is 1. The number of carbonyl (C=O) groups is 1. The molecule has 1 aliphatic rings. The zero-order valence-electron chi connectivity index (χ0n) is 18.7. The molecule has 0 aliphatic heterocycles. The van der Waals surface area contributed by atoms with Gasteiger partial charge in [0.2, 0.25) is 0 Å². The highest BCUT2D eigenvalue weighted by Crippen LogP contribution is 2.55. The van der Waals surface area contributed by atoms with Gasteiger partial charge in [-0.1, -0.05) is 40.7 Å². The number of nitrogens with one attached hydrogen (secondary N) is 1. The average molecular weight is 408 g/mol. The van der Waals surface area contributed by atoms with Crippen molar-refractivity contribution in [3.8, 4) is 11.3 Å². The molecule has 4 rings (SSSR count). The summed E-state index contributed by atoms with van der Waals surface area (Å²) in [6, 6.07) is 6.12. The molecule has 0 amide bonds. The van der Waals surface area contributed by atoms with Gasteiger partial charge in [0.1, 0.15) is 11.3 Å². The van der Waals surface area contributed by atoms with Crippen LogP contribution in [0.2, 0.25) is 0 Å². The first-order valence-corrected chi connectivity index (χ1v) is 10.4. The van der Waals surface area contributed by atoms with Crippen molar-refractivity contribution in [2.45, 2.75) is 65.7 Å². The van der Waals surface area contributed by atoms with Crippen LogP contribution in [0, 0.1) is 19.8 Å². The second kappa shape index (κ2) is 6.34. The number of hydrogen-bond acceptors (Lipinski definition) is 3. The minimum absolute atomic E-state index is 0.0334. The van der Waals surface area contributed by atoms with E-state index in [9.17, 15) is 14.7 Å². The van der Waals surface area contributed by atoms with Crippen LogP contribution in [0.25, 0.3) is 22.3 Å². The molecule has 30 heavy (non-hydrogen) atoms. The predicted molar refractivity (Wildman–Crippen MR) is 118 cm³/mol. The van der Waals surface area contributed by atoms with E-state index in [1.165, 1.54) is 11.1 Å². The summed E-state index contributed by atoms with van der Waals surface area (Å²) < 4.78 is 6.15. The van der Waals surface area contributed by atoms with Crippen molar-refractivity contribution in [1.29, 1.82) is 0 Å². The Hall–Kier alpha value is -2.82. The molecule has 2 N–H and O–H groups in total. The zero-order chi connectivity index (χ0) is 22.2. The van der Waals surface area contributed by atoms with E-state index in [0.717, 1.165) is 11.1 Å². The molecule has 0 spiro atoms. The minimum atomic E-state index is -0.993. The van der Waals surface area contributed by atoms with E-state index in [-0.39, 0.29) is 22.8 Å². The molecule has 1 aliphatic carbocycles. The van der Waals surface area contributed by atoms with Gasteiger partial charge >= 0.3 is 5.97 Å². The number of aliphatic carboxylic acids is 1. The number of pyridine rings is 1. The zero-order valence-corrected chi connectivity index (χ0v) is 18.7. The van der Waals surface area contributed by atoms with Crippen molar-refractivity contribution in [3.05, 3.63) is 56.5 Å². The van der Waals surface area contributed by atoms with Crippen molar-refractivity contribution >= 4 is 16.9 Å². The van der Waals surface area contributed by atoms with Crippen molar-refractivity contribution in [3.63, 3.8) is 0 Å². The van der Waals surface area contributed by atoms with E-state index in [4.69, 9.17) is 4.42 Å². The molecular weight excluding hydrogens is 378 g/mol. The highest BCUT2D eigenvalue weighted by molar-refractivity contribution is 5.92. The number of fused-ring (bicyclic) bond motifs is 2. The van der Waals surface area contributed by atoms with Crippen LogP contribution in [0.3, 0.4) is 0 Å². The average Bonchev–Trinajstić information content (AvgIpc) is 3.02. The summed E-state index contributed by atoms with van der Waals surface area (Å²) in [5.74, 6) is -0.0703. The predicted octanol–water partition coefficient (Wildman–Crippen LogP) is 5.24. The maximum Gasteiger partial charge on any atom is 0.307 e. The standard InChI is InChI=1S/C25H29NO4/c1-12-8-17-18(25(6,7)14(3)24(17,4)5)10-15(12)22-16(11-20(27)28)21-19(30-22)9-13(2)26-23(21)29/h8-10,14H,11H2,1-7H3,(H,26,29)(H,27,28)/t14-/m1/s1. The van der Waals surface area contributed by atoms with Gasteiger partial charge in [-0.2, -0.15) is 0 Å². The van der Waals surface area contributed by atoms with Crippen LogP contribution < -0.4 is 5.56 Å². The Balaban J connectivity index is 2.05. The second-order valence-electron chi connectivity index (χ2n) is 9.88. The van der Waals surface area contributed by atoms with Gasteiger partial charge in [0.05, 0.1) is 11.8 Å². The molecular formula is C25H29NO4. The first-order chi connectivity index (χ1) is 13.9. The Morgan fingerprint density at radius 1 is 1.10 bits per heavy atom. The first kappa shape index (κ1) is 20.5. The molecule has 158 valence electrons. The Bertz CT molecular complexity index is 1260. The molecule has 0 saturated carbocycles. The van der Waals surface area contributed by atoms with Gasteiger partial charge in [0, 0.05) is 22.9 Å². The number of furan rings is 1. The number of aromatic nitrogens is 1. The Labute approximate surface area is 176 Å². The quantitative estimate of drug-likeness (QED) is 0.622. The number of benzene rings is 1. The van der Waals surface area contributed by atoms with Gasteiger partial charge in [-0.15, -0.1) is 0 Å². The Morgan fingerprint density at radius 3 is 2.30 bits per heavy atom. The summed E-state index contributed by atoms with van der Waals surface area (Å²) >= 11 is 0. The number of H-pyrrole nitrogens is 1. The van der Waals surface area contributed by atoms with Gasteiger partial charge in [-0.05, 0) is 53.4 Å². The van der Waals surface area contributed by atoms with Crippen molar-refractivity contribution in [2.75, 3.05) is 0 Å². The summed E-state index contributed by atoms with van der Waals surface area (Å²) in [6.07, 6.45) is -0.268. The Morgan fingerprint density at radius 2 is 1.70 bits per heavy atom. The highest BCUT2D eigenvalue weighted by Gasteiger charge is 2.48. The number of hydrogen-bond donors (Lipinski definition) is 2. The number of rotatable bonds is 3. The monoisotopic (exact) mass is 407 g/mol. The summed E-state index contributed by atoms with van der Waals surface area (Å²) in [7, 11) is 0. The second-order valence-corrected chi connectivity index (χ2v) is 9.88. The third-order valence-corrected chi connectivity index (χ3v) is 7.41. The van der Waals surface area contributed by atoms with E-state index in [2.05, 4.69) is 51.7 Å². The molecule has 0 bridgehead atoms. The molecule has 5 nitrogen and oxygen atoms in total. The number of carboxylic acid groups (broad SMARTS) is 1. The molecule has 1 aromatic carbocycles. The maximum absolute atomic E-state index is 12.6. The smallest absolute Gasteiger partial charge is 0.307 e. The van der Waals surface area contributed by atoms with Gasteiger partial charge in [0.15, 0.2) is 0 Å². The van der Waals surface area contributed by atoms with Crippen LogP contribution in [-0.4, -0.2) is 16.1 Å². The largest absolute Gasteiger partial charge is 0.481 e. The van der Waals surface area contributed by atoms with Crippen LogP contribution in [0.5, 0.6) is 0 Å². The van der Waals surface area contributed by atoms with Crippen LogP contribution >= 0.6 is 0 Å². The summed E-state index contributed by atoms with van der Waals surface area (Å²) in [5.41, 5.74) is 5.69. The lowest BCUT2D eigenvalue weighted by atomic mass is 9.71. The fraction of sp³-hybridized carbons (Fsp3) is 0.440. The minimum Gasteiger partial charge on any atom is -0.481 e. The third kappa shape index (κ3) is 2.75. The van der Waals surface area contributed by atoms with Crippen LogP contribution in [-0.2, 0) is 22.0 Å². The molecule has 5 heteroatoms. The van der Waals surface area contributed by atoms with Crippen LogP contribution in [0.15, 0.2) is 27.4 Å². The van der Waals surface area contributed by atoms with Gasteiger partial charge in [-0.3, -0.25) is 9.59 Å². The van der Waals surface area contributed by atoms with Crippen LogP contribution in [0.1, 0.15) is 62.6 Å². The molecule has 1 atom stereocenters. The van der Waals surface area contributed by atoms with E-state index in [1.807, 2.05) is 6.92 Å². The van der Waals surface area contributed by atoms with Gasteiger partial charge in [0.25, 0.3) is 5.56 Å². The van der Waals surface area contributed by atoms with E-state index in [0.29, 0.717) is 33.9 Å². The van der Waals surface area contributed by atoms with Gasteiger partial charge < -0.3 is 14.5 Å². The van der Waals surface area contributed by atoms with Gasteiger partial charge in [-0.25, -0.2) is 0 Å². The topological polar surface area (TPSA) is 83.3 Å². The summed E-state index contributed by atoms with van der Waals surface area (Å²) in [6.45, 7) is 15.2. The maximum atomic E-state index is 12.6. The normalized spacial score (nSPS) is 19.2. The lowest BCUT2D eigenvalue weighted by Gasteiger charge is -2.32. The van der Waals surface area contributed by atoms with E-state index < -0.39 is 5.97 Å². The molecule has 0 fully saturated rings. The molecule has 2 aromatic heterocycles. The highest BCUT2D eigenvalue weighted by atomic mass is 16.4. The SMILES string of the molecule is Cc1cc2oc(-c3cc4c(cc3C)C(C)(C)[C@@H](C)C4(C)C)c(CC(=O)O)c2c(=O)[nH]1. The van der Waals surface area contributed by atoms with Crippen molar-refractivity contribution in [1.82, 2.24) is 4.98 Å². The molecule has 0 unspecified atom stereocenters. The fourth-order valence-electron chi connectivity index (χ4n) is 5.23. The summed E-state index contributed by atoms with van der Waals surface area (Å²) in [5, 5.41) is 9.84.